The van der Waals surface area contributed by atoms with Crippen molar-refractivity contribution < 1.29 is 14.3 Å². The number of nitrogens with one attached hydrogen (secondary N) is 3. The van der Waals surface area contributed by atoms with E-state index in [1.54, 1.807) is 6.92 Å². The topological polar surface area (TPSA) is 115 Å². The van der Waals surface area contributed by atoms with Gasteiger partial charge in [-0.1, -0.05) is 51.9 Å². The van der Waals surface area contributed by atoms with Crippen molar-refractivity contribution in [3.63, 3.8) is 0 Å². The average Bonchev–Trinajstić information content (AvgIpc) is 3.26. The fraction of sp³-hybridized carbons (Fsp3) is 0.905. The summed E-state index contributed by atoms with van der Waals surface area (Å²) in [6.45, 7) is 7.00. The summed E-state index contributed by atoms with van der Waals surface area (Å²) in [5, 5.41) is 9.21. The molecule has 1 fully saturated rings. The van der Waals surface area contributed by atoms with E-state index in [4.69, 9.17) is 10.5 Å². The molecule has 0 aromatic carbocycles. The standard InChI is InChI=1S/C21H42N4O3/c1-4-6-7-8-9-10-11-12-15-19(26)24-18(20(27)28-5-2)14-13-16-23-21(22)17(3)25-21/h17-18,23,25H,4-16,22H2,1-3H3,(H,24,26). The Morgan fingerprint density at radius 1 is 1.07 bits per heavy atom. The normalized spacial score (nSPS) is 21.9. The fourth-order valence-electron chi connectivity index (χ4n) is 3.30. The molecule has 3 atom stereocenters. The van der Waals surface area contributed by atoms with E-state index in [-0.39, 0.29) is 17.9 Å². The van der Waals surface area contributed by atoms with Crippen LogP contribution in [0.4, 0.5) is 0 Å². The molecule has 1 heterocycles. The Morgan fingerprint density at radius 2 is 1.68 bits per heavy atom. The maximum absolute atomic E-state index is 12.2. The van der Waals surface area contributed by atoms with E-state index in [0.717, 1.165) is 19.3 Å². The van der Waals surface area contributed by atoms with Gasteiger partial charge >= 0.3 is 5.97 Å². The zero-order valence-corrected chi connectivity index (χ0v) is 18.1. The third-order valence-corrected chi connectivity index (χ3v) is 5.31. The van der Waals surface area contributed by atoms with E-state index in [1.165, 1.54) is 38.5 Å². The summed E-state index contributed by atoms with van der Waals surface area (Å²) in [7, 11) is 0. The number of hydrogen-bond donors (Lipinski definition) is 4. The van der Waals surface area contributed by atoms with Gasteiger partial charge in [-0.3, -0.25) is 21.2 Å². The van der Waals surface area contributed by atoms with Gasteiger partial charge in [-0.2, -0.15) is 0 Å². The second-order valence-corrected chi connectivity index (χ2v) is 7.90. The van der Waals surface area contributed by atoms with Crippen LogP contribution in [0.15, 0.2) is 0 Å². The van der Waals surface area contributed by atoms with Gasteiger partial charge in [-0.15, -0.1) is 0 Å². The second-order valence-electron chi connectivity index (χ2n) is 7.90. The predicted octanol–water partition coefficient (Wildman–Crippen LogP) is 2.54. The Labute approximate surface area is 170 Å². The van der Waals surface area contributed by atoms with Crippen LogP contribution in [0.25, 0.3) is 0 Å². The molecule has 1 saturated heterocycles. The molecule has 28 heavy (non-hydrogen) atoms. The molecule has 1 rings (SSSR count). The molecular weight excluding hydrogens is 356 g/mol. The molecule has 1 aliphatic rings. The van der Waals surface area contributed by atoms with Crippen LogP contribution in [0.2, 0.25) is 0 Å². The Morgan fingerprint density at radius 3 is 2.25 bits per heavy atom. The van der Waals surface area contributed by atoms with Crippen LogP contribution in [-0.4, -0.2) is 42.9 Å². The number of nitrogens with two attached hydrogens (primary N) is 1. The number of ether oxygens (including phenoxy) is 1. The van der Waals surface area contributed by atoms with E-state index in [2.05, 4.69) is 22.9 Å². The van der Waals surface area contributed by atoms with Gasteiger partial charge in [0.2, 0.25) is 5.91 Å². The third-order valence-electron chi connectivity index (χ3n) is 5.31. The van der Waals surface area contributed by atoms with E-state index in [9.17, 15) is 9.59 Å². The van der Waals surface area contributed by atoms with Crippen LogP contribution < -0.4 is 21.7 Å². The molecule has 5 N–H and O–H groups in total. The summed E-state index contributed by atoms with van der Waals surface area (Å²) in [5.74, 6) is -0.906. The summed E-state index contributed by atoms with van der Waals surface area (Å²) < 4.78 is 5.11. The van der Waals surface area contributed by atoms with Crippen molar-refractivity contribution in [3.05, 3.63) is 0 Å². The van der Waals surface area contributed by atoms with E-state index in [0.29, 0.717) is 26.0 Å². The first-order valence-corrected chi connectivity index (χ1v) is 11.2. The molecule has 164 valence electrons. The Hall–Kier alpha value is -1.18. The molecule has 7 heteroatoms. The highest BCUT2D eigenvalue weighted by Crippen LogP contribution is 2.15. The zero-order chi connectivity index (χ0) is 20.8. The molecule has 0 aliphatic carbocycles. The highest BCUT2D eigenvalue weighted by Gasteiger charge is 2.46. The van der Waals surface area contributed by atoms with Gasteiger partial charge in [0.25, 0.3) is 0 Å². The highest BCUT2D eigenvalue weighted by molar-refractivity contribution is 5.84. The van der Waals surface area contributed by atoms with Gasteiger partial charge in [-0.05, 0) is 39.7 Å². The van der Waals surface area contributed by atoms with Crippen molar-refractivity contribution in [2.75, 3.05) is 13.2 Å². The van der Waals surface area contributed by atoms with Gasteiger partial charge in [0, 0.05) is 6.42 Å². The lowest BCUT2D eigenvalue weighted by molar-refractivity contribution is -0.147. The molecule has 0 saturated carbocycles. The highest BCUT2D eigenvalue weighted by atomic mass is 16.5. The van der Waals surface area contributed by atoms with Crippen LogP contribution in [0.5, 0.6) is 0 Å². The Kier molecular flexibility index (Phi) is 12.3. The average molecular weight is 399 g/mol. The van der Waals surface area contributed by atoms with Gasteiger partial charge in [-0.25, -0.2) is 4.79 Å². The number of amides is 1. The van der Waals surface area contributed by atoms with Crippen molar-refractivity contribution in [1.29, 1.82) is 0 Å². The Bertz CT molecular complexity index is 461. The molecule has 0 aromatic heterocycles. The molecule has 1 aliphatic heterocycles. The minimum absolute atomic E-state index is 0.0650. The van der Waals surface area contributed by atoms with Crippen molar-refractivity contribution in [3.8, 4) is 0 Å². The van der Waals surface area contributed by atoms with Gasteiger partial charge < -0.3 is 10.1 Å². The van der Waals surface area contributed by atoms with E-state index < -0.39 is 11.8 Å². The molecule has 0 aromatic rings. The van der Waals surface area contributed by atoms with E-state index in [1.807, 2.05) is 6.92 Å². The quantitative estimate of drug-likeness (QED) is 0.129. The van der Waals surface area contributed by atoms with Crippen molar-refractivity contribution in [2.45, 2.75) is 109 Å². The number of rotatable bonds is 17. The molecular formula is C21H42N4O3. The maximum Gasteiger partial charge on any atom is 0.328 e. The lowest BCUT2D eigenvalue weighted by atomic mass is 10.1. The first-order chi connectivity index (χ1) is 13.4. The largest absolute Gasteiger partial charge is 0.464 e. The molecule has 7 nitrogen and oxygen atoms in total. The molecule has 0 bridgehead atoms. The number of hydrogen-bond acceptors (Lipinski definition) is 6. The lowest BCUT2D eigenvalue weighted by Gasteiger charge is -2.18. The number of unbranched alkanes of at least 4 members (excludes halogenated alkanes) is 7. The minimum Gasteiger partial charge on any atom is -0.464 e. The van der Waals surface area contributed by atoms with Gasteiger partial charge in [0.1, 0.15) is 11.8 Å². The number of carbonyl (C=O) groups excluding carboxylic acids is 2. The van der Waals surface area contributed by atoms with Crippen LogP contribution in [0.1, 0.15) is 91.4 Å². The predicted molar refractivity (Wildman–Crippen MR) is 113 cm³/mol. The van der Waals surface area contributed by atoms with Crippen molar-refractivity contribution in [2.24, 2.45) is 5.73 Å². The molecule has 3 unspecified atom stereocenters. The van der Waals surface area contributed by atoms with Gasteiger partial charge in [0.15, 0.2) is 0 Å². The summed E-state index contributed by atoms with van der Waals surface area (Å²) >= 11 is 0. The summed E-state index contributed by atoms with van der Waals surface area (Å²) in [5.41, 5.74) is 6.02. The van der Waals surface area contributed by atoms with Crippen molar-refractivity contribution in [1.82, 2.24) is 16.0 Å². The Balaban J connectivity index is 2.20. The zero-order valence-electron chi connectivity index (χ0n) is 18.1. The second kappa shape index (κ2) is 13.9. The summed E-state index contributed by atoms with van der Waals surface area (Å²) in [6.07, 6.45) is 11.3. The molecule has 1 amide bonds. The smallest absolute Gasteiger partial charge is 0.328 e. The first-order valence-electron chi connectivity index (χ1n) is 11.2. The monoisotopic (exact) mass is 398 g/mol. The van der Waals surface area contributed by atoms with Crippen LogP contribution in [0.3, 0.4) is 0 Å². The molecule has 0 radical (unpaired) electrons. The third kappa shape index (κ3) is 10.4. The van der Waals surface area contributed by atoms with Crippen molar-refractivity contribution >= 4 is 11.9 Å². The maximum atomic E-state index is 12.2. The fourth-order valence-corrected chi connectivity index (χ4v) is 3.30. The summed E-state index contributed by atoms with van der Waals surface area (Å²) in [4.78, 5) is 24.4. The SMILES string of the molecule is CCCCCCCCCCC(=O)NC(CCCNC1(N)NC1C)C(=O)OCC. The number of esters is 1. The minimum atomic E-state index is -0.582. The first kappa shape index (κ1) is 24.9. The van der Waals surface area contributed by atoms with E-state index >= 15 is 0 Å². The van der Waals surface area contributed by atoms with Crippen LogP contribution >= 0.6 is 0 Å². The summed E-state index contributed by atoms with van der Waals surface area (Å²) in [6, 6.07) is -0.332. The molecule has 0 spiro atoms. The lowest BCUT2D eigenvalue weighted by Crippen LogP contribution is -2.47. The van der Waals surface area contributed by atoms with Crippen LogP contribution in [0, 0.1) is 0 Å². The number of carbonyl (C=O) groups is 2. The van der Waals surface area contributed by atoms with Gasteiger partial charge in [0.05, 0.1) is 12.6 Å². The van der Waals surface area contributed by atoms with Crippen LogP contribution in [-0.2, 0) is 14.3 Å².